The van der Waals surface area contributed by atoms with Gasteiger partial charge in [-0.1, -0.05) is 19.9 Å². The first-order valence-electron chi connectivity index (χ1n) is 7.87. The minimum Gasteiger partial charge on any atom is -0.490 e. The Labute approximate surface area is 127 Å². The van der Waals surface area contributed by atoms with Gasteiger partial charge in [0.1, 0.15) is 0 Å². The molecule has 0 spiro atoms. The van der Waals surface area contributed by atoms with Gasteiger partial charge in [0.15, 0.2) is 11.5 Å². The number of fused-ring (bicyclic) bond motifs is 1. The quantitative estimate of drug-likeness (QED) is 0.784. The highest BCUT2D eigenvalue weighted by Crippen LogP contribution is 2.32. The van der Waals surface area contributed by atoms with Gasteiger partial charge in [0.05, 0.1) is 19.8 Å². The zero-order valence-electron chi connectivity index (χ0n) is 13.4. The molecule has 1 aliphatic rings. The number of rotatable bonds is 7. The Bertz CT molecular complexity index is 434. The fourth-order valence-corrected chi connectivity index (χ4v) is 2.23. The summed E-state index contributed by atoms with van der Waals surface area (Å²) in [4.78, 5) is 0. The molecule has 0 fully saturated rings. The topological polar surface area (TPSA) is 39.7 Å². The second-order valence-corrected chi connectivity index (χ2v) is 5.90. The van der Waals surface area contributed by atoms with E-state index in [1.54, 1.807) is 0 Å². The van der Waals surface area contributed by atoms with Gasteiger partial charge in [0.25, 0.3) is 0 Å². The van der Waals surface area contributed by atoms with Crippen molar-refractivity contribution >= 4 is 0 Å². The van der Waals surface area contributed by atoms with Gasteiger partial charge in [-0.25, -0.2) is 0 Å². The Morgan fingerprint density at radius 2 is 1.90 bits per heavy atom. The van der Waals surface area contributed by atoms with Crippen LogP contribution in [0.15, 0.2) is 18.2 Å². The maximum absolute atomic E-state index is 5.73. The number of nitrogens with one attached hydrogen (secondary N) is 1. The molecule has 0 aromatic heterocycles. The normalized spacial score (nSPS) is 15.8. The molecule has 21 heavy (non-hydrogen) atoms. The molecule has 0 aliphatic carbocycles. The molecule has 1 heterocycles. The van der Waals surface area contributed by atoms with E-state index in [0.717, 1.165) is 50.9 Å². The van der Waals surface area contributed by atoms with E-state index >= 15 is 0 Å². The fourth-order valence-electron chi connectivity index (χ4n) is 2.23. The molecule has 1 atom stereocenters. The average molecular weight is 293 g/mol. The first-order chi connectivity index (χ1) is 10.2. The van der Waals surface area contributed by atoms with Crippen molar-refractivity contribution < 1.29 is 14.2 Å². The van der Waals surface area contributed by atoms with Crippen LogP contribution in [0.1, 0.15) is 38.8 Å². The minimum absolute atomic E-state index is 0.268. The zero-order valence-corrected chi connectivity index (χ0v) is 13.4. The SMILES string of the molecule is CC(C)COCCNC(C)c1ccc2c(c1)OCCCO2. The van der Waals surface area contributed by atoms with Crippen LogP contribution in [0.4, 0.5) is 0 Å². The molecule has 0 saturated carbocycles. The third-order valence-electron chi connectivity index (χ3n) is 3.42. The second-order valence-electron chi connectivity index (χ2n) is 5.90. The molecule has 118 valence electrons. The summed E-state index contributed by atoms with van der Waals surface area (Å²) in [6, 6.07) is 6.45. The highest BCUT2D eigenvalue weighted by Gasteiger charge is 2.13. The van der Waals surface area contributed by atoms with Crippen LogP contribution in [0.25, 0.3) is 0 Å². The van der Waals surface area contributed by atoms with E-state index in [0.29, 0.717) is 5.92 Å². The number of benzene rings is 1. The summed E-state index contributed by atoms with van der Waals surface area (Å²) in [5.41, 5.74) is 1.21. The highest BCUT2D eigenvalue weighted by atomic mass is 16.5. The Morgan fingerprint density at radius 1 is 1.14 bits per heavy atom. The van der Waals surface area contributed by atoms with Gasteiger partial charge in [-0.3, -0.25) is 0 Å². The standard InChI is InChI=1S/C17H27NO3/c1-13(2)12-19-10-7-18-14(3)15-5-6-16-17(11-15)21-9-4-8-20-16/h5-6,11,13-14,18H,4,7-10,12H2,1-3H3. The monoisotopic (exact) mass is 293 g/mol. The van der Waals surface area contributed by atoms with Gasteiger partial charge in [0, 0.05) is 25.6 Å². The van der Waals surface area contributed by atoms with E-state index in [4.69, 9.17) is 14.2 Å². The van der Waals surface area contributed by atoms with Gasteiger partial charge < -0.3 is 19.5 Å². The van der Waals surface area contributed by atoms with E-state index in [1.165, 1.54) is 5.56 Å². The molecule has 0 bridgehead atoms. The molecule has 2 rings (SSSR count). The average Bonchev–Trinajstić information content (AvgIpc) is 2.70. The molecule has 1 aromatic rings. The molecule has 0 amide bonds. The molecular formula is C17H27NO3. The second kappa shape index (κ2) is 8.25. The van der Waals surface area contributed by atoms with Crippen LogP contribution in [-0.4, -0.2) is 33.0 Å². The molecule has 4 heteroatoms. The Kier molecular flexibility index (Phi) is 6.33. The van der Waals surface area contributed by atoms with Gasteiger partial charge >= 0.3 is 0 Å². The highest BCUT2D eigenvalue weighted by molar-refractivity contribution is 5.44. The maximum atomic E-state index is 5.73. The summed E-state index contributed by atoms with van der Waals surface area (Å²) < 4.78 is 17.0. The van der Waals surface area contributed by atoms with Crippen LogP contribution in [0.3, 0.4) is 0 Å². The summed E-state index contributed by atoms with van der Waals surface area (Å²) in [7, 11) is 0. The summed E-state index contributed by atoms with van der Waals surface area (Å²) in [6.45, 7) is 10.3. The van der Waals surface area contributed by atoms with Crippen LogP contribution in [0, 0.1) is 5.92 Å². The Morgan fingerprint density at radius 3 is 2.67 bits per heavy atom. The predicted octanol–water partition coefficient (Wildman–Crippen LogP) is 3.17. The van der Waals surface area contributed by atoms with Crippen molar-refractivity contribution in [1.82, 2.24) is 5.32 Å². The van der Waals surface area contributed by atoms with E-state index in [9.17, 15) is 0 Å². The van der Waals surface area contributed by atoms with Gasteiger partial charge in [-0.05, 0) is 30.5 Å². The zero-order chi connectivity index (χ0) is 15.1. The van der Waals surface area contributed by atoms with Crippen molar-refractivity contribution in [2.45, 2.75) is 33.2 Å². The first kappa shape index (κ1) is 16.1. The van der Waals surface area contributed by atoms with Gasteiger partial charge in [0.2, 0.25) is 0 Å². The van der Waals surface area contributed by atoms with Crippen molar-refractivity contribution in [3.8, 4) is 11.5 Å². The molecule has 1 aromatic carbocycles. The number of ether oxygens (including phenoxy) is 3. The van der Waals surface area contributed by atoms with Crippen LogP contribution in [-0.2, 0) is 4.74 Å². The maximum Gasteiger partial charge on any atom is 0.161 e. The molecule has 1 aliphatic heterocycles. The van der Waals surface area contributed by atoms with Crippen molar-refractivity contribution in [2.24, 2.45) is 5.92 Å². The molecule has 1 N–H and O–H groups in total. The van der Waals surface area contributed by atoms with Crippen molar-refractivity contribution in [1.29, 1.82) is 0 Å². The van der Waals surface area contributed by atoms with E-state index < -0.39 is 0 Å². The molecule has 0 saturated heterocycles. The molecule has 4 nitrogen and oxygen atoms in total. The van der Waals surface area contributed by atoms with Crippen molar-refractivity contribution in [2.75, 3.05) is 33.0 Å². The smallest absolute Gasteiger partial charge is 0.161 e. The van der Waals surface area contributed by atoms with Crippen LogP contribution < -0.4 is 14.8 Å². The van der Waals surface area contributed by atoms with Crippen LogP contribution in [0.5, 0.6) is 11.5 Å². The van der Waals surface area contributed by atoms with E-state index in [1.807, 2.05) is 6.07 Å². The van der Waals surface area contributed by atoms with Gasteiger partial charge in [-0.15, -0.1) is 0 Å². The lowest BCUT2D eigenvalue weighted by molar-refractivity contribution is 0.110. The summed E-state index contributed by atoms with van der Waals surface area (Å²) >= 11 is 0. The summed E-state index contributed by atoms with van der Waals surface area (Å²) in [6.07, 6.45) is 0.936. The molecule has 1 unspecified atom stereocenters. The molecule has 0 radical (unpaired) electrons. The predicted molar refractivity (Wildman–Crippen MR) is 84.1 cm³/mol. The minimum atomic E-state index is 0.268. The van der Waals surface area contributed by atoms with Crippen molar-refractivity contribution in [3.05, 3.63) is 23.8 Å². The largest absolute Gasteiger partial charge is 0.490 e. The van der Waals surface area contributed by atoms with Crippen LogP contribution in [0.2, 0.25) is 0 Å². The number of hydrogen-bond donors (Lipinski definition) is 1. The third kappa shape index (κ3) is 5.21. The fraction of sp³-hybridized carbons (Fsp3) is 0.647. The summed E-state index contributed by atoms with van der Waals surface area (Å²) in [5, 5.41) is 3.47. The first-order valence-corrected chi connectivity index (χ1v) is 7.87. The lowest BCUT2D eigenvalue weighted by Gasteiger charge is -2.16. The third-order valence-corrected chi connectivity index (χ3v) is 3.42. The van der Waals surface area contributed by atoms with E-state index in [-0.39, 0.29) is 6.04 Å². The Hall–Kier alpha value is -1.26. The van der Waals surface area contributed by atoms with E-state index in [2.05, 4.69) is 38.2 Å². The summed E-state index contributed by atoms with van der Waals surface area (Å²) in [5.74, 6) is 2.29. The Balaban J connectivity index is 1.82. The van der Waals surface area contributed by atoms with Crippen molar-refractivity contribution in [3.63, 3.8) is 0 Å². The van der Waals surface area contributed by atoms with Crippen LogP contribution >= 0.6 is 0 Å². The lowest BCUT2D eigenvalue weighted by Crippen LogP contribution is -2.24. The molecular weight excluding hydrogens is 266 g/mol. The lowest BCUT2D eigenvalue weighted by atomic mass is 10.1. The number of hydrogen-bond acceptors (Lipinski definition) is 4. The van der Waals surface area contributed by atoms with Gasteiger partial charge in [-0.2, -0.15) is 0 Å².